The Bertz CT molecular complexity index is 694. The van der Waals surface area contributed by atoms with E-state index in [1.54, 1.807) is 58.9 Å². The van der Waals surface area contributed by atoms with Crippen LogP contribution in [0.25, 0.3) is 5.57 Å². The van der Waals surface area contributed by atoms with Gasteiger partial charge in [0, 0.05) is 10.6 Å². The molecule has 0 spiro atoms. The standard InChI is InChI=1S/C20H26ClNO4/c1-12(2)20(6,17(23)11-18(24)26-13(3)4)22-19(25)14(5)15-7-9-16(21)10-8-15/h7-10,12-13H,5,11H2,1-4,6H3,(H,22,25). The Labute approximate surface area is 159 Å². The number of esters is 1. The molecule has 0 saturated heterocycles. The second kappa shape index (κ2) is 8.99. The second-order valence-electron chi connectivity index (χ2n) is 6.94. The van der Waals surface area contributed by atoms with Crippen LogP contribution in [-0.4, -0.2) is 29.3 Å². The highest BCUT2D eigenvalue weighted by atomic mass is 35.5. The number of benzene rings is 1. The molecule has 1 aromatic carbocycles. The Morgan fingerprint density at radius 3 is 2.15 bits per heavy atom. The molecule has 0 bridgehead atoms. The van der Waals surface area contributed by atoms with E-state index in [2.05, 4.69) is 11.9 Å². The summed E-state index contributed by atoms with van der Waals surface area (Å²) in [5.41, 5.74) is -0.404. The van der Waals surface area contributed by atoms with E-state index in [1.165, 1.54) is 0 Å². The Morgan fingerprint density at radius 1 is 1.15 bits per heavy atom. The number of nitrogens with one attached hydrogen (secondary N) is 1. The molecule has 1 N–H and O–H groups in total. The molecule has 0 aliphatic heterocycles. The maximum absolute atomic E-state index is 12.7. The predicted molar refractivity (Wildman–Crippen MR) is 103 cm³/mol. The topological polar surface area (TPSA) is 72.5 Å². The fraction of sp³-hybridized carbons (Fsp3) is 0.450. The first-order valence-electron chi connectivity index (χ1n) is 8.47. The number of carbonyl (C=O) groups is 3. The van der Waals surface area contributed by atoms with Crippen LogP contribution in [0.2, 0.25) is 5.02 Å². The van der Waals surface area contributed by atoms with Crippen LogP contribution >= 0.6 is 11.6 Å². The lowest BCUT2D eigenvalue weighted by molar-refractivity contribution is -0.151. The van der Waals surface area contributed by atoms with Crippen LogP contribution in [0, 0.1) is 5.92 Å². The highest BCUT2D eigenvalue weighted by Gasteiger charge is 2.39. The minimum absolute atomic E-state index is 0.214. The van der Waals surface area contributed by atoms with Gasteiger partial charge < -0.3 is 10.1 Å². The van der Waals surface area contributed by atoms with Gasteiger partial charge in [-0.15, -0.1) is 0 Å². The van der Waals surface area contributed by atoms with E-state index in [4.69, 9.17) is 16.3 Å². The number of carbonyl (C=O) groups excluding carboxylic acids is 3. The number of ketones is 1. The van der Waals surface area contributed by atoms with Crippen molar-refractivity contribution in [2.45, 2.75) is 52.7 Å². The van der Waals surface area contributed by atoms with Gasteiger partial charge in [-0.3, -0.25) is 14.4 Å². The van der Waals surface area contributed by atoms with Crippen molar-refractivity contribution in [3.63, 3.8) is 0 Å². The Morgan fingerprint density at radius 2 is 1.69 bits per heavy atom. The third-order valence-corrected chi connectivity index (χ3v) is 4.50. The van der Waals surface area contributed by atoms with Crippen LogP contribution in [0.3, 0.4) is 0 Å². The zero-order chi connectivity index (χ0) is 20.1. The molecule has 1 unspecified atom stereocenters. The lowest BCUT2D eigenvalue weighted by atomic mass is 9.82. The summed E-state index contributed by atoms with van der Waals surface area (Å²) in [5, 5.41) is 3.28. The molecular weight excluding hydrogens is 354 g/mol. The molecule has 0 aliphatic rings. The van der Waals surface area contributed by atoms with Crippen molar-refractivity contribution in [1.82, 2.24) is 5.32 Å². The molecule has 0 fully saturated rings. The summed E-state index contributed by atoms with van der Waals surface area (Å²) < 4.78 is 5.03. The Balaban J connectivity index is 2.92. The van der Waals surface area contributed by atoms with Crippen LogP contribution in [0.1, 0.15) is 46.6 Å². The molecule has 1 amide bonds. The Hall–Kier alpha value is -2.14. The lowest BCUT2D eigenvalue weighted by Crippen LogP contribution is -2.56. The zero-order valence-corrected chi connectivity index (χ0v) is 16.6. The van der Waals surface area contributed by atoms with Gasteiger partial charge in [0.05, 0.1) is 11.6 Å². The van der Waals surface area contributed by atoms with Crippen molar-refractivity contribution in [2.75, 3.05) is 0 Å². The van der Waals surface area contributed by atoms with Gasteiger partial charge in [-0.05, 0) is 44.4 Å². The van der Waals surface area contributed by atoms with Crippen molar-refractivity contribution < 1.29 is 19.1 Å². The minimum atomic E-state index is -1.22. The van der Waals surface area contributed by atoms with Gasteiger partial charge in [0.1, 0.15) is 6.42 Å². The fourth-order valence-corrected chi connectivity index (χ4v) is 2.37. The summed E-state index contributed by atoms with van der Waals surface area (Å²) in [5.74, 6) is -1.73. The van der Waals surface area contributed by atoms with Crippen molar-refractivity contribution in [1.29, 1.82) is 0 Å². The van der Waals surface area contributed by atoms with Gasteiger partial charge in [-0.2, -0.15) is 0 Å². The quantitative estimate of drug-likeness (QED) is 0.423. The number of ether oxygens (including phenoxy) is 1. The normalized spacial score (nSPS) is 13.2. The van der Waals surface area contributed by atoms with Gasteiger partial charge in [0.2, 0.25) is 0 Å². The highest BCUT2D eigenvalue weighted by molar-refractivity contribution is 6.30. The van der Waals surface area contributed by atoms with E-state index in [1.807, 2.05) is 0 Å². The zero-order valence-electron chi connectivity index (χ0n) is 15.9. The molecule has 142 valence electrons. The van der Waals surface area contributed by atoms with Crippen molar-refractivity contribution in [2.24, 2.45) is 5.92 Å². The van der Waals surface area contributed by atoms with Crippen LogP contribution in [0.15, 0.2) is 30.8 Å². The first kappa shape index (κ1) is 21.9. The molecule has 6 heteroatoms. The average Bonchev–Trinajstić information content (AvgIpc) is 2.53. The number of halogens is 1. The third-order valence-electron chi connectivity index (χ3n) is 4.25. The van der Waals surface area contributed by atoms with Gasteiger partial charge in [-0.25, -0.2) is 0 Å². The van der Waals surface area contributed by atoms with E-state index in [0.29, 0.717) is 10.6 Å². The molecule has 0 aromatic heterocycles. The van der Waals surface area contributed by atoms with Gasteiger partial charge in [0.15, 0.2) is 5.78 Å². The molecule has 1 atom stereocenters. The van der Waals surface area contributed by atoms with Gasteiger partial charge in [0.25, 0.3) is 5.91 Å². The number of amides is 1. The molecule has 1 aromatic rings. The van der Waals surface area contributed by atoms with Crippen LogP contribution < -0.4 is 5.32 Å². The molecule has 0 radical (unpaired) electrons. The monoisotopic (exact) mass is 379 g/mol. The highest BCUT2D eigenvalue weighted by Crippen LogP contribution is 2.23. The average molecular weight is 380 g/mol. The first-order chi connectivity index (χ1) is 12.0. The van der Waals surface area contributed by atoms with Crippen LogP contribution in [-0.2, 0) is 19.1 Å². The summed E-state index contributed by atoms with van der Waals surface area (Å²) in [4.78, 5) is 37.1. The van der Waals surface area contributed by atoms with Crippen LogP contribution in [0.5, 0.6) is 0 Å². The Kier molecular flexibility index (Phi) is 7.57. The molecule has 0 saturated carbocycles. The second-order valence-corrected chi connectivity index (χ2v) is 7.37. The van der Waals surface area contributed by atoms with E-state index in [0.717, 1.165) is 0 Å². The largest absolute Gasteiger partial charge is 0.463 e. The summed E-state index contributed by atoms with van der Waals surface area (Å²) in [6, 6.07) is 6.67. The molecule has 0 aliphatic carbocycles. The number of hydrogen-bond donors (Lipinski definition) is 1. The molecule has 5 nitrogen and oxygen atoms in total. The van der Waals surface area contributed by atoms with Crippen molar-refractivity contribution in [3.05, 3.63) is 41.4 Å². The molecular formula is C20H26ClNO4. The van der Waals surface area contributed by atoms with E-state index < -0.39 is 29.6 Å². The third kappa shape index (κ3) is 5.70. The number of Topliss-reactive ketones (excluding diaryl/α,β-unsaturated/α-hetero) is 1. The lowest BCUT2D eigenvalue weighted by Gasteiger charge is -2.33. The minimum Gasteiger partial charge on any atom is -0.463 e. The summed E-state index contributed by atoms with van der Waals surface area (Å²) in [6.45, 7) is 12.4. The van der Waals surface area contributed by atoms with Gasteiger partial charge in [-0.1, -0.05) is 44.2 Å². The molecule has 26 heavy (non-hydrogen) atoms. The summed E-state index contributed by atoms with van der Waals surface area (Å²) in [7, 11) is 0. The summed E-state index contributed by atoms with van der Waals surface area (Å²) >= 11 is 5.85. The van der Waals surface area contributed by atoms with Crippen LogP contribution in [0.4, 0.5) is 0 Å². The van der Waals surface area contributed by atoms with Crippen molar-refractivity contribution >= 4 is 34.8 Å². The number of rotatable bonds is 8. The fourth-order valence-electron chi connectivity index (χ4n) is 2.25. The number of hydrogen-bond acceptors (Lipinski definition) is 4. The molecule has 0 heterocycles. The maximum Gasteiger partial charge on any atom is 0.313 e. The molecule has 1 rings (SSSR count). The van der Waals surface area contributed by atoms with E-state index >= 15 is 0 Å². The van der Waals surface area contributed by atoms with Gasteiger partial charge >= 0.3 is 5.97 Å². The first-order valence-corrected chi connectivity index (χ1v) is 8.85. The predicted octanol–water partition coefficient (Wildman–Crippen LogP) is 3.79. The van der Waals surface area contributed by atoms with E-state index in [9.17, 15) is 14.4 Å². The summed E-state index contributed by atoms with van der Waals surface area (Å²) in [6.07, 6.45) is -0.708. The van der Waals surface area contributed by atoms with Crippen molar-refractivity contribution in [3.8, 4) is 0 Å². The van der Waals surface area contributed by atoms with E-state index in [-0.39, 0.29) is 17.6 Å². The smallest absolute Gasteiger partial charge is 0.313 e. The maximum atomic E-state index is 12.7. The SMILES string of the molecule is C=C(C(=O)NC(C)(C(=O)CC(=O)OC(C)C)C(C)C)c1ccc(Cl)cc1.